The fraction of sp³-hybridized carbons (Fsp3) is 0.818. The number of hydrogen-bond donors (Lipinski definition) is 4. The molecule has 100 valence electrons. The van der Waals surface area contributed by atoms with E-state index in [0.29, 0.717) is 0 Å². The van der Waals surface area contributed by atoms with E-state index in [1.165, 1.54) is 0 Å². The van der Waals surface area contributed by atoms with Crippen molar-refractivity contribution in [3.05, 3.63) is 0 Å². The van der Waals surface area contributed by atoms with Gasteiger partial charge in [0.25, 0.3) is 0 Å². The van der Waals surface area contributed by atoms with Gasteiger partial charge in [-0.05, 0) is 12.3 Å². The van der Waals surface area contributed by atoms with Crippen molar-refractivity contribution in [2.45, 2.75) is 52.0 Å². The highest BCUT2D eigenvalue weighted by molar-refractivity contribution is 5.71. The highest BCUT2D eigenvalue weighted by atomic mass is 16.4. The van der Waals surface area contributed by atoms with Crippen molar-refractivity contribution in [1.29, 1.82) is 0 Å². The molecule has 0 saturated heterocycles. The number of aliphatic carboxylic acids is 1. The summed E-state index contributed by atoms with van der Waals surface area (Å²) >= 11 is 0. The molecule has 6 heteroatoms. The SMILES string of the molecule is CCCCC(CC)C(CC(=O)O)NNC(N)=O. The van der Waals surface area contributed by atoms with E-state index in [1.807, 2.05) is 6.92 Å². The average molecular weight is 245 g/mol. The number of carboxylic acids is 1. The van der Waals surface area contributed by atoms with Crippen LogP contribution in [-0.4, -0.2) is 23.1 Å². The first-order chi connectivity index (χ1) is 8.01. The van der Waals surface area contributed by atoms with E-state index in [4.69, 9.17) is 10.8 Å². The average Bonchev–Trinajstić information content (AvgIpc) is 2.25. The summed E-state index contributed by atoms with van der Waals surface area (Å²) in [4.78, 5) is 21.4. The van der Waals surface area contributed by atoms with Gasteiger partial charge in [-0.1, -0.05) is 33.1 Å². The monoisotopic (exact) mass is 245 g/mol. The molecule has 5 N–H and O–H groups in total. The smallest absolute Gasteiger partial charge is 0.326 e. The van der Waals surface area contributed by atoms with Crippen molar-refractivity contribution < 1.29 is 14.7 Å². The van der Waals surface area contributed by atoms with Crippen LogP contribution in [0.2, 0.25) is 0 Å². The highest BCUT2D eigenvalue weighted by Crippen LogP contribution is 2.18. The second-order valence-corrected chi connectivity index (χ2v) is 4.15. The van der Waals surface area contributed by atoms with Crippen LogP contribution in [0.5, 0.6) is 0 Å². The van der Waals surface area contributed by atoms with E-state index in [9.17, 15) is 9.59 Å². The van der Waals surface area contributed by atoms with E-state index in [2.05, 4.69) is 17.8 Å². The zero-order chi connectivity index (χ0) is 13.3. The lowest BCUT2D eigenvalue weighted by molar-refractivity contribution is -0.138. The zero-order valence-corrected chi connectivity index (χ0v) is 10.5. The van der Waals surface area contributed by atoms with Gasteiger partial charge in [0.05, 0.1) is 6.42 Å². The molecule has 0 radical (unpaired) electrons. The maximum absolute atomic E-state index is 10.8. The molecule has 2 atom stereocenters. The third-order valence-corrected chi connectivity index (χ3v) is 2.80. The molecule has 0 aromatic heterocycles. The molecule has 0 aliphatic heterocycles. The summed E-state index contributed by atoms with van der Waals surface area (Å²) in [7, 11) is 0. The number of hydrogen-bond acceptors (Lipinski definition) is 3. The minimum absolute atomic E-state index is 0.0253. The normalized spacial score (nSPS) is 14.0. The Bertz CT molecular complexity index is 246. The van der Waals surface area contributed by atoms with Crippen LogP contribution in [0.15, 0.2) is 0 Å². The summed E-state index contributed by atoms with van der Waals surface area (Å²) < 4.78 is 0. The molecule has 0 fully saturated rings. The van der Waals surface area contributed by atoms with Crippen LogP contribution in [0.1, 0.15) is 46.0 Å². The second kappa shape index (κ2) is 8.81. The summed E-state index contributed by atoms with van der Waals surface area (Å²) in [5.41, 5.74) is 9.93. The van der Waals surface area contributed by atoms with Crippen LogP contribution in [0.3, 0.4) is 0 Å². The number of unbranched alkanes of at least 4 members (excludes halogenated alkanes) is 1. The first kappa shape index (κ1) is 15.7. The Morgan fingerprint density at radius 1 is 1.35 bits per heavy atom. The van der Waals surface area contributed by atoms with Gasteiger partial charge in [-0.15, -0.1) is 0 Å². The molecule has 6 nitrogen and oxygen atoms in total. The number of carboxylic acid groups (broad SMARTS) is 1. The number of carbonyl (C=O) groups excluding carboxylic acids is 1. The number of nitrogens with one attached hydrogen (secondary N) is 2. The molecule has 0 heterocycles. The van der Waals surface area contributed by atoms with Crippen LogP contribution in [0.4, 0.5) is 4.79 Å². The third kappa shape index (κ3) is 7.57. The maximum Gasteiger partial charge on any atom is 0.326 e. The Labute approximate surface area is 102 Å². The molecule has 0 spiro atoms. The van der Waals surface area contributed by atoms with Gasteiger partial charge in [0.1, 0.15) is 0 Å². The molecule has 0 bridgehead atoms. The number of carbonyl (C=O) groups is 2. The van der Waals surface area contributed by atoms with Gasteiger partial charge in [0.2, 0.25) is 0 Å². The summed E-state index contributed by atoms with van der Waals surface area (Å²) in [6, 6.07) is -0.984. The molecule has 0 saturated carbocycles. The van der Waals surface area contributed by atoms with Crippen LogP contribution < -0.4 is 16.6 Å². The van der Waals surface area contributed by atoms with Gasteiger partial charge in [0.15, 0.2) is 0 Å². The van der Waals surface area contributed by atoms with Crippen LogP contribution in [0, 0.1) is 5.92 Å². The summed E-state index contributed by atoms with van der Waals surface area (Å²) in [5.74, 6) is -0.665. The van der Waals surface area contributed by atoms with Gasteiger partial charge in [-0.2, -0.15) is 0 Å². The van der Waals surface area contributed by atoms with Crippen molar-refractivity contribution >= 4 is 12.0 Å². The van der Waals surface area contributed by atoms with Gasteiger partial charge < -0.3 is 10.8 Å². The third-order valence-electron chi connectivity index (χ3n) is 2.80. The molecule has 0 aliphatic carbocycles. The Morgan fingerprint density at radius 3 is 2.41 bits per heavy atom. The lowest BCUT2D eigenvalue weighted by atomic mass is 9.90. The topological polar surface area (TPSA) is 104 Å². The van der Waals surface area contributed by atoms with Crippen molar-refractivity contribution in [2.24, 2.45) is 11.7 Å². The number of rotatable bonds is 9. The van der Waals surface area contributed by atoms with Gasteiger partial charge >= 0.3 is 12.0 Å². The standard InChI is InChI=1S/C11H23N3O3/c1-3-5-6-8(4-2)9(7-10(15)16)13-14-11(12)17/h8-9,13H,3-7H2,1-2H3,(H,15,16)(H3,12,14,17). The van der Waals surface area contributed by atoms with Crippen LogP contribution in [-0.2, 0) is 4.79 Å². The first-order valence-corrected chi connectivity index (χ1v) is 6.04. The van der Waals surface area contributed by atoms with Crippen molar-refractivity contribution in [3.8, 4) is 0 Å². The van der Waals surface area contributed by atoms with Gasteiger partial charge in [-0.25, -0.2) is 10.2 Å². The Balaban J connectivity index is 4.38. The summed E-state index contributed by atoms with van der Waals surface area (Å²) in [6.45, 7) is 4.11. The van der Waals surface area contributed by atoms with E-state index < -0.39 is 12.0 Å². The lowest BCUT2D eigenvalue weighted by Crippen LogP contribution is -2.50. The molecule has 2 amide bonds. The first-order valence-electron chi connectivity index (χ1n) is 6.04. The Morgan fingerprint density at radius 2 is 2.00 bits per heavy atom. The zero-order valence-electron chi connectivity index (χ0n) is 10.5. The molecule has 17 heavy (non-hydrogen) atoms. The van der Waals surface area contributed by atoms with Gasteiger partial charge in [-0.3, -0.25) is 10.2 Å². The minimum atomic E-state index is -0.885. The molecule has 2 unspecified atom stereocenters. The van der Waals surface area contributed by atoms with E-state index in [0.717, 1.165) is 25.7 Å². The second-order valence-electron chi connectivity index (χ2n) is 4.15. The predicted molar refractivity (Wildman–Crippen MR) is 65.2 cm³/mol. The van der Waals surface area contributed by atoms with Crippen LogP contribution in [0.25, 0.3) is 0 Å². The fourth-order valence-corrected chi connectivity index (χ4v) is 1.84. The largest absolute Gasteiger partial charge is 0.481 e. The van der Waals surface area contributed by atoms with E-state index >= 15 is 0 Å². The van der Waals surface area contributed by atoms with E-state index in [-0.39, 0.29) is 18.4 Å². The molecule has 0 aromatic carbocycles. The van der Waals surface area contributed by atoms with Crippen LogP contribution >= 0.6 is 0 Å². The quantitative estimate of drug-likeness (QED) is 0.458. The molecule has 0 aliphatic rings. The van der Waals surface area contributed by atoms with Gasteiger partial charge in [0, 0.05) is 6.04 Å². The highest BCUT2D eigenvalue weighted by Gasteiger charge is 2.22. The Hall–Kier alpha value is -1.30. The predicted octanol–water partition coefficient (Wildman–Crippen LogP) is 1.22. The number of urea groups is 1. The molecule has 0 aromatic rings. The van der Waals surface area contributed by atoms with E-state index in [1.54, 1.807) is 0 Å². The maximum atomic E-state index is 10.8. The lowest BCUT2D eigenvalue weighted by Gasteiger charge is -2.25. The number of amides is 2. The minimum Gasteiger partial charge on any atom is -0.481 e. The summed E-state index contributed by atoms with van der Waals surface area (Å²) in [5, 5.41) is 8.84. The molecular formula is C11H23N3O3. The fourth-order valence-electron chi connectivity index (χ4n) is 1.84. The number of primary amides is 1. The number of hydrazine groups is 1. The van der Waals surface area contributed by atoms with Crippen molar-refractivity contribution in [2.75, 3.05) is 0 Å². The summed E-state index contributed by atoms with van der Waals surface area (Å²) in [6.07, 6.45) is 3.90. The Kier molecular flexibility index (Phi) is 8.13. The number of nitrogens with two attached hydrogens (primary N) is 1. The molecular weight excluding hydrogens is 222 g/mol. The molecule has 0 rings (SSSR count). The van der Waals surface area contributed by atoms with Crippen molar-refractivity contribution in [3.63, 3.8) is 0 Å². The van der Waals surface area contributed by atoms with Crippen molar-refractivity contribution in [1.82, 2.24) is 10.9 Å².